The van der Waals surface area contributed by atoms with E-state index < -0.39 is 6.10 Å². The SMILES string of the molecule is O=C(C1CN(C(=O)c2ccc(Cl)cc2)c2ccccc2O1)N1CCOCC1. The Morgan fingerprint density at radius 2 is 1.70 bits per heavy atom. The van der Waals surface area contributed by atoms with E-state index in [0.29, 0.717) is 48.3 Å². The molecule has 140 valence electrons. The average molecular weight is 387 g/mol. The van der Waals surface area contributed by atoms with Crippen LogP contribution in [0.1, 0.15) is 10.4 Å². The summed E-state index contributed by atoms with van der Waals surface area (Å²) in [6.07, 6.45) is -0.741. The van der Waals surface area contributed by atoms with Crippen LogP contribution >= 0.6 is 11.6 Å². The maximum absolute atomic E-state index is 13.1. The molecule has 2 amide bonds. The topological polar surface area (TPSA) is 59.1 Å². The maximum Gasteiger partial charge on any atom is 0.265 e. The second-order valence-corrected chi connectivity index (χ2v) is 6.87. The summed E-state index contributed by atoms with van der Waals surface area (Å²) in [5.74, 6) is 0.210. The molecule has 2 aromatic rings. The van der Waals surface area contributed by atoms with E-state index in [2.05, 4.69) is 0 Å². The number of morpholine rings is 1. The Morgan fingerprint density at radius 3 is 2.44 bits per heavy atom. The Balaban J connectivity index is 1.62. The lowest BCUT2D eigenvalue weighted by Crippen LogP contribution is -2.54. The second-order valence-electron chi connectivity index (χ2n) is 6.43. The van der Waals surface area contributed by atoms with Gasteiger partial charge in [-0.1, -0.05) is 23.7 Å². The fraction of sp³-hybridized carbons (Fsp3) is 0.300. The summed E-state index contributed by atoms with van der Waals surface area (Å²) in [5.41, 5.74) is 1.16. The van der Waals surface area contributed by atoms with Crippen LogP contribution in [0.15, 0.2) is 48.5 Å². The zero-order chi connectivity index (χ0) is 18.8. The highest BCUT2D eigenvalue weighted by Gasteiger charge is 2.36. The number of carbonyl (C=O) groups is 2. The number of fused-ring (bicyclic) bond motifs is 1. The molecular weight excluding hydrogens is 368 g/mol. The van der Waals surface area contributed by atoms with Crippen LogP contribution in [0.2, 0.25) is 5.02 Å². The van der Waals surface area contributed by atoms with E-state index in [-0.39, 0.29) is 18.4 Å². The highest BCUT2D eigenvalue weighted by atomic mass is 35.5. The molecule has 0 bridgehead atoms. The van der Waals surface area contributed by atoms with Crippen molar-refractivity contribution in [3.63, 3.8) is 0 Å². The number of hydrogen-bond acceptors (Lipinski definition) is 4. The lowest BCUT2D eigenvalue weighted by atomic mass is 10.1. The van der Waals surface area contributed by atoms with Gasteiger partial charge in [0.1, 0.15) is 5.75 Å². The summed E-state index contributed by atoms with van der Waals surface area (Å²) in [6, 6.07) is 14.0. The molecule has 0 saturated carbocycles. The molecule has 0 N–H and O–H groups in total. The van der Waals surface area contributed by atoms with Gasteiger partial charge in [0.2, 0.25) is 0 Å². The third kappa shape index (κ3) is 3.63. The minimum Gasteiger partial charge on any atom is -0.476 e. The molecule has 0 spiro atoms. The first-order valence-corrected chi connectivity index (χ1v) is 9.21. The van der Waals surface area contributed by atoms with Crippen molar-refractivity contribution in [2.45, 2.75) is 6.10 Å². The molecule has 1 fully saturated rings. The van der Waals surface area contributed by atoms with Gasteiger partial charge in [-0.05, 0) is 36.4 Å². The van der Waals surface area contributed by atoms with Gasteiger partial charge in [0, 0.05) is 23.7 Å². The zero-order valence-electron chi connectivity index (χ0n) is 14.6. The van der Waals surface area contributed by atoms with Gasteiger partial charge < -0.3 is 19.3 Å². The lowest BCUT2D eigenvalue weighted by molar-refractivity contribution is -0.142. The summed E-state index contributed by atoms with van der Waals surface area (Å²) >= 11 is 5.93. The third-order valence-corrected chi connectivity index (χ3v) is 4.96. The quantitative estimate of drug-likeness (QED) is 0.796. The van der Waals surface area contributed by atoms with E-state index in [1.165, 1.54) is 0 Å². The molecule has 6 nitrogen and oxygen atoms in total. The van der Waals surface area contributed by atoms with Crippen molar-refractivity contribution in [3.05, 3.63) is 59.1 Å². The Kier molecular flexibility index (Phi) is 5.01. The average Bonchev–Trinajstić information content (AvgIpc) is 2.73. The minimum absolute atomic E-state index is 0.123. The molecular formula is C20H19ClN2O4. The number of benzene rings is 2. The van der Waals surface area contributed by atoms with Crippen molar-refractivity contribution >= 4 is 29.1 Å². The molecule has 2 aliphatic rings. The largest absolute Gasteiger partial charge is 0.476 e. The van der Waals surface area contributed by atoms with Gasteiger partial charge in [0.05, 0.1) is 25.4 Å². The predicted molar refractivity (Wildman–Crippen MR) is 101 cm³/mol. The molecule has 1 unspecified atom stereocenters. The standard InChI is InChI=1S/C20H19ClN2O4/c21-15-7-5-14(6-8-15)19(24)23-13-18(20(25)22-9-11-26-12-10-22)27-17-4-2-1-3-16(17)23/h1-8,18H,9-13H2. The molecule has 0 radical (unpaired) electrons. The Hall–Kier alpha value is -2.57. The molecule has 4 rings (SSSR count). The van der Waals surface area contributed by atoms with E-state index in [9.17, 15) is 9.59 Å². The van der Waals surface area contributed by atoms with E-state index in [1.807, 2.05) is 18.2 Å². The number of para-hydroxylation sites is 2. The van der Waals surface area contributed by atoms with Crippen LogP contribution in [-0.4, -0.2) is 55.7 Å². The van der Waals surface area contributed by atoms with Gasteiger partial charge in [-0.25, -0.2) is 0 Å². The van der Waals surface area contributed by atoms with Gasteiger partial charge in [-0.3, -0.25) is 9.59 Å². The Morgan fingerprint density at radius 1 is 1.00 bits per heavy atom. The number of rotatable bonds is 2. The van der Waals surface area contributed by atoms with Crippen LogP contribution in [0.3, 0.4) is 0 Å². The first-order valence-electron chi connectivity index (χ1n) is 8.83. The van der Waals surface area contributed by atoms with Gasteiger partial charge in [0.25, 0.3) is 11.8 Å². The van der Waals surface area contributed by atoms with Crippen LogP contribution < -0.4 is 9.64 Å². The summed E-state index contributed by atoms with van der Waals surface area (Å²) in [7, 11) is 0. The van der Waals surface area contributed by atoms with Gasteiger partial charge in [-0.15, -0.1) is 0 Å². The fourth-order valence-corrected chi connectivity index (χ4v) is 3.42. The number of carbonyl (C=O) groups excluding carboxylic acids is 2. The summed E-state index contributed by atoms with van der Waals surface area (Å²) in [6.45, 7) is 2.26. The van der Waals surface area contributed by atoms with Crippen molar-refractivity contribution in [2.75, 3.05) is 37.7 Å². The Bertz CT molecular complexity index is 849. The number of nitrogens with zero attached hydrogens (tertiary/aromatic N) is 2. The number of anilines is 1. The molecule has 2 heterocycles. The van der Waals surface area contributed by atoms with Crippen LogP contribution in [-0.2, 0) is 9.53 Å². The molecule has 1 atom stereocenters. The maximum atomic E-state index is 13.1. The molecule has 27 heavy (non-hydrogen) atoms. The summed E-state index contributed by atoms with van der Waals surface area (Å²) in [4.78, 5) is 29.3. The van der Waals surface area contributed by atoms with Crippen LogP contribution in [0.5, 0.6) is 5.75 Å². The highest BCUT2D eigenvalue weighted by molar-refractivity contribution is 6.30. The first-order chi connectivity index (χ1) is 13.1. The molecule has 2 aliphatic heterocycles. The zero-order valence-corrected chi connectivity index (χ0v) is 15.4. The molecule has 2 aromatic carbocycles. The van der Waals surface area contributed by atoms with Crippen molar-refractivity contribution in [2.24, 2.45) is 0 Å². The fourth-order valence-electron chi connectivity index (χ4n) is 3.29. The molecule has 7 heteroatoms. The minimum atomic E-state index is -0.741. The van der Waals surface area contributed by atoms with Crippen LogP contribution in [0.4, 0.5) is 5.69 Å². The van der Waals surface area contributed by atoms with Crippen molar-refractivity contribution < 1.29 is 19.1 Å². The first kappa shape index (κ1) is 17.8. The molecule has 0 aliphatic carbocycles. The lowest BCUT2D eigenvalue weighted by Gasteiger charge is -2.37. The number of halogens is 1. The number of amides is 2. The van der Waals surface area contributed by atoms with E-state index in [4.69, 9.17) is 21.1 Å². The van der Waals surface area contributed by atoms with Crippen LogP contribution in [0.25, 0.3) is 0 Å². The van der Waals surface area contributed by atoms with Crippen molar-refractivity contribution in [3.8, 4) is 5.75 Å². The smallest absolute Gasteiger partial charge is 0.265 e. The molecule has 1 saturated heterocycles. The van der Waals surface area contributed by atoms with E-state index in [0.717, 1.165) is 0 Å². The van der Waals surface area contributed by atoms with Crippen molar-refractivity contribution in [1.82, 2.24) is 4.90 Å². The number of hydrogen-bond donors (Lipinski definition) is 0. The van der Waals surface area contributed by atoms with E-state index in [1.54, 1.807) is 40.1 Å². The normalized spacial score (nSPS) is 19.2. The summed E-state index contributed by atoms with van der Waals surface area (Å²) < 4.78 is 11.2. The van der Waals surface area contributed by atoms with Crippen molar-refractivity contribution in [1.29, 1.82) is 0 Å². The van der Waals surface area contributed by atoms with E-state index >= 15 is 0 Å². The number of ether oxygens (including phenoxy) is 2. The second kappa shape index (κ2) is 7.58. The van der Waals surface area contributed by atoms with Gasteiger partial charge >= 0.3 is 0 Å². The van der Waals surface area contributed by atoms with Gasteiger partial charge in [0.15, 0.2) is 6.10 Å². The molecule has 0 aromatic heterocycles. The Labute approximate surface area is 162 Å². The van der Waals surface area contributed by atoms with Crippen LogP contribution in [0, 0.1) is 0 Å². The predicted octanol–water partition coefficient (Wildman–Crippen LogP) is 2.61. The summed E-state index contributed by atoms with van der Waals surface area (Å²) in [5, 5.41) is 0.564. The monoisotopic (exact) mass is 386 g/mol. The van der Waals surface area contributed by atoms with Gasteiger partial charge in [-0.2, -0.15) is 0 Å². The highest BCUT2D eigenvalue weighted by Crippen LogP contribution is 2.34. The third-order valence-electron chi connectivity index (χ3n) is 4.71.